The zero-order valence-electron chi connectivity index (χ0n) is 20.2. The number of benzene rings is 3. The first-order valence-electron chi connectivity index (χ1n) is 11.5. The molecule has 6 rings (SSSR count). The quantitative estimate of drug-likeness (QED) is 0.174. The van der Waals surface area contributed by atoms with E-state index in [0.29, 0.717) is 22.6 Å². The number of nitrogens with zero attached hydrogens (tertiary/aromatic N) is 1. The average molecular weight is 495 g/mol. The molecule has 0 N–H and O–H groups in total. The topological polar surface area (TPSA) is 89.1 Å². The van der Waals surface area contributed by atoms with Crippen molar-refractivity contribution in [2.45, 2.75) is 0 Å². The number of Topliss-reactive ketones (excluding diaryl/α,β-unsaturated/α-hetero) is 1. The van der Waals surface area contributed by atoms with Crippen molar-refractivity contribution in [1.82, 2.24) is 4.57 Å². The maximum absolute atomic E-state index is 13.0. The van der Waals surface area contributed by atoms with Crippen LogP contribution in [0.2, 0.25) is 0 Å². The van der Waals surface area contributed by atoms with Gasteiger partial charge in [-0.05, 0) is 48.5 Å². The standard InChI is InChI=1S/C29H21NO7/c1-30-15-17(21-13-18(33-2)8-10-22(21)30)12-25-27(31)20-9-7-19(14-24(20)36-25)35-29(32)26-11-16-5-4-6-23(34-3)28(16)37-26/h4-15H,1-3H3/b25-12-. The van der Waals surface area contributed by atoms with Gasteiger partial charge in [-0.2, -0.15) is 0 Å². The lowest BCUT2D eigenvalue weighted by Gasteiger charge is -2.04. The molecule has 8 heteroatoms. The van der Waals surface area contributed by atoms with Gasteiger partial charge in [-0.25, -0.2) is 4.79 Å². The number of aryl methyl sites for hydroxylation is 1. The van der Waals surface area contributed by atoms with E-state index in [-0.39, 0.29) is 23.1 Å². The molecule has 37 heavy (non-hydrogen) atoms. The summed E-state index contributed by atoms with van der Waals surface area (Å²) in [4.78, 5) is 25.8. The maximum atomic E-state index is 13.0. The van der Waals surface area contributed by atoms with Crippen LogP contribution in [-0.4, -0.2) is 30.5 Å². The van der Waals surface area contributed by atoms with Gasteiger partial charge < -0.3 is 27.9 Å². The summed E-state index contributed by atoms with van der Waals surface area (Å²) in [6.45, 7) is 0. The number of furan rings is 1. The van der Waals surface area contributed by atoms with Gasteiger partial charge in [0.1, 0.15) is 17.2 Å². The monoisotopic (exact) mass is 495 g/mol. The number of carbonyl (C=O) groups excluding carboxylic acids is 2. The van der Waals surface area contributed by atoms with Gasteiger partial charge in [-0.15, -0.1) is 0 Å². The molecule has 3 heterocycles. The smallest absolute Gasteiger partial charge is 0.379 e. The Bertz CT molecular complexity index is 1760. The number of rotatable bonds is 5. The van der Waals surface area contributed by atoms with Gasteiger partial charge in [0.25, 0.3) is 0 Å². The second kappa shape index (κ2) is 8.60. The molecular weight excluding hydrogens is 474 g/mol. The zero-order chi connectivity index (χ0) is 25.7. The largest absolute Gasteiger partial charge is 0.497 e. The summed E-state index contributed by atoms with van der Waals surface area (Å²) in [6.07, 6.45) is 3.63. The van der Waals surface area contributed by atoms with Crippen LogP contribution in [0.5, 0.6) is 23.0 Å². The second-order valence-electron chi connectivity index (χ2n) is 8.55. The van der Waals surface area contributed by atoms with Crippen LogP contribution in [0, 0.1) is 0 Å². The van der Waals surface area contributed by atoms with Crippen LogP contribution < -0.4 is 18.9 Å². The number of fused-ring (bicyclic) bond motifs is 3. The van der Waals surface area contributed by atoms with E-state index >= 15 is 0 Å². The molecule has 184 valence electrons. The van der Waals surface area contributed by atoms with E-state index in [1.807, 2.05) is 42.1 Å². The molecule has 1 aliphatic rings. The fraction of sp³-hybridized carbons (Fsp3) is 0.103. The third-order valence-corrected chi connectivity index (χ3v) is 6.30. The van der Waals surface area contributed by atoms with E-state index in [0.717, 1.165) is 27.6 Å². The first-order valence-corrected chi connectivity index (χ1v) is 11.5. The molecule has 0 radical (unpaired) electrons. The van der Waals surface area contributed by atoms with Crippen molar-refractivity contribution in [2.75, 3.05) is 14.2 Å². The molecule has 0 aliphatic carbocycles. The van der Waals surface area contributed by atoms with Crippen LogP contribution in [0.3, 0.4) is 0 Å². The highest BCUT2D eigenvalue weighted by atomic mass is 16.6. The maximum Gasteiger partial charge on any atom is 0.379 e. The van der Waals surface area contributed by atoms with Crippen molar-refractivity contribution >= 4 is 39.7 Å². The van der Waals surface area contributed by atoms with Gasteiger partial charge in [0.15, 0.2) is 17.1 Å². The van der Waals surface area contributed by atoms with E-state index in [9.17, 15) is 9.59 Å². The first kappa shape index (κ1) is 22.5. The normalized spacial score (nSPS) is 13.7. The highest BCUT2D eigenvalue weighted by Crippen LogP contribution is 2.37. The number of hydrogen-bond donors (Lipinski definition) is 0. The molecular formula is C29H21NO7. The van der Waals surface area contributed by atoms with Gasteiger partial charge in [-0.3, -0.25) is 4.79 Å². The number of allylic oxidation sites excluding steroid dienone is 1. The number of ketones is 1. The van der Waals surface area contributed by atoms with Gasteiger partial charge >= 0.3 is 5.97 Å². The van der Waals surface area contributed by atoms with Gasteiger partial charge in [0.05, 0.1) is 19.8 Å². The number of methoxy groups -OCH3 is 2. The SMILES string of the molecule is COc1ccc2c(c1)c(/C=C1\Oc3cc(OC(=O)c4cc5cccc(OC)c5o4)ccc3C1=O)cn2C. The minimum Gasteiger partial charge on any atom is -0.497 e. The Hall–Kier alpha value is -4.98. The first-order chi connectivity index (χ1) is 17.9. The third-order valence-electron chi connectivity index (χ3n) is 6.30. The molecule has 8 nitrogen and oxygen atoms in total. The predicted octanol–water partition coefficient (Wildman–Crippen LogP) is 5.78. The van der Waals surface area contributed by atoms with Crippen molar-refractivity contribution in [3.8, 4) is 23.0 Å². The summed E-state index contributed by atoms with van der Waals surface area (Å²) >= 11 is 0. The number of esters is 1. The van der Waals surface area contributed by atoms with Crippen LogP contribution in [0.1, 0.15) is 26.5 Å². The van der Waals surface area contributed by atoms with Crippen molar-refractivity contribution < 1.29 is 33.0 Å². The van der Waals surface area contributed by atoms with E-state index in [1.54, 1.807) is 43.5 Å². The predicted molar refractivity (Wildman–Crippen MR) is 137 cm³/mol. The molecule has 1 aliphatic heterocycles. The lowest BCUT2D eigenvalue weighted by molar-refractivity contribution is 0.0703. The molecule has 0 saturated carbocycles. The van der Waals surface area contributed by atoms with E-state index < -0.39 is 5.97 Å². The summed E-state index contributed by atoms with van der Waals surface area (Å²) in [5, 5.41) is 1.65. The summed E-state index contributed by atoms with van der Waals surface area (Å²) in [5.74, 6) is 1.05. The van der Waals surface area contributed by atoms with Crippen LogP contribution in [0.4, 0.5) is 0 Å². The van der Waals surface area contributed by atoms with Crippen LogP contribution >= 0.6 is 0 Å². The van der Waals surface area contributed by atoms with Gasteiger partial charge in [0.2, 0.25) is 11.5 Å². The zero-order valence-corrected chi connectivity index (χ0v) is 20.2. The summed E-state index contributed by atoms with van der Waals surface area (Å²) in [7, 11) is 5.07. The van der Waals surface area contributed by atoms with Crippen LogP contribution in [0.25, 0.3) is 27.9 Å². The highest BCUT2D eigenvalue weighted by molar-refractivity contribution is 6.15. The van der Waals surface area contributed by atoms with Crippen molar-refractivity contribution in [1.29, 1.82) is 0 Å². The molecule has 0 atom stereocenters. The Morgan fingerprint density at radius 3 is 2.62 bits per heavy atom. The summed E-state index contributed by atoms with van der Waals surface area (Å²) in [5.41, 5.74) is 2.66. The number of carbonyl (C=O) groups is 2. The Morgan fingerprint density at radius 1 is 0.973 bits per heavy atom. The minimum absolute atomic E-state index is 0.0314. The molecule has 0 unspecified atom stereocenters. The Balaban J connectivity index is 1.27. The molecule has 0 fully saturated rings. The fourth-order valence-corrected chi connectivity index (χ4v) is 4.47. The van der Waals surface area contributed by atoms with Crippen LogP contribution in [-0.2, 0) is 7.05 Å². The number of aromatic nitrogens is 1. The van der Waals surface area contributed by atoms with Crippen molar-refractivity contribution in [2.24, 2.45) is 7.05 Å². The number of hydrogen-bond acceptors (Lipinski definition) is 7. The second-order valence-corrected chi connectivity index (χ2v) is 8.55. The molecule has 0 spiro atoms. The molecule has 3 aromatic carbocycles. The molecule has 0 amide bonds. The van der Waals surface area contributed by atoms with Crippen molar-refractivity contribution in [3.05, 3.63) is 89.5 Å². The molecule has 2 aromatic heterocycles. The van der Waals surface area contributed by atoms with Crippen LogP contribution in [0.15, 0.2) is 77.0 Å². The fourth-order valence-electron chi connectivity index (χ4n) is 4.47. The highest BCUT2D eigenvalue weighted by Gasteiger charge is 2.29. The van der Waals surface area contributed by atoms with E-state index in [2.05, 4.69) is 0 Å². The third kappa shape index (κ3) is 3.79. The molecule has 0 bridgehead atoms. The average Bonchev–Trinajstić information content (AvgIpc) is 3.57. The number of ether oxygens (including phenoxy) is 4. The van der Waals surface area contributed by atoms with Gasteiger partial charge in [-0.1, -0.05) is 12.1 Å². The molecule has 0 saturated heterocycles. The Kier molecular flexibility index (Phi) is 5.22. The summed E-state index contributed by atoms with van der Waals surface area (Å²) in [6, 6.07) is 17.4. The lowest BCUT2D eigenvalue weighted by atomic mass is 10.1. The lowest BCUT2D eigenvalue weighted by Crippen LogP contribution is -2.07. The van der Waals surface area contributed by atoms with E-state index in [4.69, 9.17) is 23.4 Å². The van der Waals surface area contributed by atoms with E-state index in [1.165, 1.54) is 13.2 Å². The minimum atomic E-state index is -0.678. The number of para-hydroxylation sites is 1. The Morgan fingerprint density at radius 2 is 1.81 bits per heavy atom. The van der Waals surface area contributed by atoms with Gasteiger partial charge in [0, 0.05) is 41.2 Å². The summed E-state index contributed by atoms with van der Waals surface area (Å²) < 4.78 is 29.7. The Labute approximate surface area is 211 Å². The van der Waals surface area contributed by atoms with Crippen molar-refractivity contribution in [3.63, 3.8) is 0 Å². The molecule has 5 aromatic rings.